The van der Waals surface area contributed by atoms with Crippen molar-refractivity contribution in [3.63, 3.8) is 0 Å². The molecule has 2 atom stereocenters. The van der Waals surface area contributed by atoms with E-state index in [1.165, 1.54) is 0 Å². The predicted molar refractivity (Wildman–Crippen MR) is 138 cm³/mol. The van der Waals surface area contributed by atoms with Crippen LogP contribution in [-0.4, -0.2) is 11.0 Å². The van der Waals surface area contributed by atoms with Crippen LogP contribution in [0.15, 0.2) is 108 Å². The first kappa shape index (κ1) is 24.0. The van der Waals surface area contributed by atoms with E-state index in [-0.39, 0.29) is 0 Å². The Morgan fingerprint density at radius 2 is 1.66 bits per heavy atom. The standard InChI is InChI=1S/C27H29NO2P2/c1-4-7-17-24(5-2)31(29,25-18-11-8-12-19-25)28(6-3)32(30,26-20-13-9-14-21-26)27-22-15-10-16-23-27/h2,4,7-9,11-15,17-23H,6,10,16H2,1,3H3/b7-4-,24-17+. The fourth-order valence-electron chi connectivity index (χ4n) is 3.90. The highest BCUT2D eigenvalue weighted by Gasteiger charge is 2.47. The zero-order chi connectivity index (χ0) is 23.0. The Bertz CT molecular complexity index is 1190. The van der Waals surface area contributed by atoms with E-state index in [1.54, 1.807) is 16.6 Å². The van der Waals surface area contributed by atoms with E-state index in [9.17, 15) is 0 Å². The Labute approximate surface area is 192 Å². The summed E-state index contributed by atoms with van der Waals surface area (Å²) in [5.74, 6) is 2.66. The minimum Gasteiger partial charge on any atom is -0.296 e. The first-order chi connectivity index (χ1) is 15.5. The molecular formula is C27H29NO2P2. The Morgan fingerprint density at radius 1 is 1.03 bits per heavy atom. The molecule has 1 aliphatic rings. The van der Waals surface area contributed by atoms with Crippen LogP contribution in [0.3, 0.4) is 0 Å². The average Bonchev–Trinajstić information content (AvgIpc) is 2.86. The van der Waals surface area contributed by atoms with E-state index in [2.05, 4.69) is 5.92 Å². The van der Waals surface area contributed by atoms with Crippen LogP contribution in [0.25, 0.3) is 0 Å². The highest BCUT2D eigenvalue weighted by atomic mass is 31.2. The highest BCUT2D eigenvalue weighted by molar-refractivity contribution is 7.87. The highest BCUT2D eigenvalue weighted by Crippen LogP contribution is 2.72. The first-order valence-corrected chi connectivity index (χ1v) is 14.1. The summed E-state index contributed by atoms with van der Waals surface area (Å²) in [5, 5.41) is 2.26. The second-order valence-electron chi connectivity index (χ2n) is 7.34. The lowest BCUT2D eigenvalue weighted by atomic mass is 10.2. The van der Waals surface area contributed by atoms with E-state index >= 15 is 9.13 Å². The number of terminal acetylenes is 1. The summed E-state index contributed by atoms with van der Waals surface area (Å²) in [6.45, 7) is 4.07. The molecule has 0 saturated heterocycles. The zero-order valence-corrected chi connectivity index (χ0v) is 20.4. The molecule has 2 aromatic rings. The third-order valence-electron chi connectivity index (χ3n) is 5.39. The van der Waals surface area contributed by atoms with Gasteiger partial charge in [-0.05, 0) is 50.1 Å². The molecule has 1 aliphatic carbocycles. The summed E-state index contributed by atoms with van der Waals surface area (Å²) in [6.07, 6.45) is 18.9. The summed E-state index contributed by atoms with van der Waals surface area (Å²) in [4.78, 5) is 0. The maximum Gasteiger partial charge on any atom is 0.221 e. The molecule has 164 valence electrons. The summed E-state index contributed by atoms with van der Waals surface area (Å²) >= 11 is 0. The van der Waals surface area contributed by atoms with Gasteiger partial charge in [0.05, 0.1) is 5.31 Å². The maximum atomic E-state index is 15.1. The van der Waals surface area contributed by atoms with Crippen LogP contribution in [0.4, 0.5) is 0 Å². The molecule has 0 amide bonds. The monoisotopic (exact) mass is 461 g/mol. The maximum absolute atomic E-state index is 15.1. The van der Waals surface area contributed by atoms with E-state index in [4.69, 9.17) is 6.42 Å². The van der Waals surface area contributed by atoms with Gasteiger partial charge in [0.1, 0.15) is 0 Å². The van der Waals surface area contributed by atoms with Crippen LogP contribution in [0, 0.1) is 12.3 Å². The molecule has 0 bridgehead atoms. The lowest BCUT2D eigenvalue weighted by Crippen LogP contribution is -2.29. The minimum absolute atomic E-state index is 0.304. The van der Waals surface area contributed by atoms with Crippen molar-refractivity contribution in [3.05, 3.63) is 108 Å². The molecule has 5 heteroatoms. The smallest absolute Gasteiger partial charge is 0.221 e. The largest absolute Gasteiger partial charge is 0.296 e. The third-order valence-corrected chi connectivity index (χ3v) is 12.7. The first-order valence-electron chi connectivity index (χ1n) is 10.8. The quantitative estimate of drug-likeness (QED) is 0.245. The van der Waals surface area contributed by atoms with Gasteiger partial charge in [0.2, 0.25) is 14.6 Å². The van der Waals surface area contributed by atoms with Crippen molar-refractivity contribution in [2.45, 2.75) is 26.7 Å². The Kier molecular flexibility index (Phi) is 8.11. The summed E-state index contributed by atoms with van der Waals surface area (Å²) in [5.41, 5.74) is 0. The summed E-state index contributed by atoms with van der Waals surface area (Å²) < 4.78 is 31.9. The van der Waals surface area contributed by atoms with Gasteiger partial charge in [0.15, 0.2) is 0 Å². The number of benzene rings is 2. The number of rotatable bonds is 8. The Morgan fingerprint density at radius 3 is 2.16 bits per heavy atom. The topological polar surface area (TPSA) is 37.4 Å². The van der Waals surface area contributed by atoms with Crippen molar-refractivity contribution in [2.75, 3.05) is 6.54 Å². The normalized spacial score (nSPS) is 18.1. The molecule has 0 aromatic heterocycles. The third kappa shape index (κ3) is 4.46. The van der Waals surface area contributed by atoms with Crippen molar-refractivity contribution in [1.29, 1.82) is 0 Å². The summed E-state index contributed by atoms with van der Waals surface area (Å²) in [6, 6.07) is 18.5. The predicted octanol–water partition coefficient (Wildman–Crippen LogP) is 6.84. The van der Waals surface area contributed by atoms with E-state index in [1.807, 2.05) is 98.8 Å². The Balaban J connectivity index is 2.38. The molecule has 0 heterocycles. The van der Waals surface area contributed by atoms with Crippen LogP contribution in [-0.2, 0) is 9.13 Å². The zero-order valence-electron chi connectivity index (χ0n) is 18.6. The molecular weight excluding hydrogens is 432 g/mol. The molecule has 0 spiro atoms. The lowest BCUT2D eigenvalue weighted by Gasteiger charge is -2.38. The average molecular weight is 461 g/mol. The molecule has 2 unspecified atom stereocenters. The van der Waals surface area contributed by atoms with Gasteiger partial charge in [-0.3, -0.25) is 9.13 Å². The number of hydrogen-bond donors (Lipinski definition) is 0. The van der Waals surface area contributed by atoms with Crippen LogP contribution in [0.2, 0.25) is 0 Å². The second kappa shape index (κ2) is 10.8. The molecule has 2 aromatic carbocycles. The van der Waals surface area contributed by atoms with Crippen LogP contribution >= 0.6 is 14.6 Å². The lowest BCUT2D eigenvalue weighted by molar-refractivity contribution is 0.520. The van der Waals surface area contributed by atoms with Crippen LogP contribution < -0.4 is 10.6 Å². The molecule has 0 radical (unpaired) electrons. The van der Waals surface area contributed by atoms with Gasteiger partial charge in [-0.2, -0.15) is 4.44 Å². The van der Waals surface area contributed by atoms with Crippen molar-refractivity contribution < 1.29 is 9.13 Å². The van der Waals surface area contributed by atoms with E-state index < -0.39 is 14.6 Å². The number of hydrogen-bond acceptors (Lipinski definition) is 2. The molecule has 3 rings (SSSR count). The number of allylic oxidation sites excluding steroid dienone is 8. The molecule has 3 nitrogen and oxygen atoms in total. The van der Waals surface area contributed by atoms with Gasteiger partial charge in [-0.25, -0.2) is 0 Å². The van der Waals surface area contributed by atoms with Gasteiger partial charge < -0.3 is 0 Å². The van der Waals surface area contributed by atoms with Gasteiger partial charge >= 0.3 is 0 Å². The summed E-state index contributed by atoms with van der Waals surface area (Å²) in [7, 11) is -7.07. The Hall–Kier alpha value is -2.62. The molecule has 0 N–H and O–H groups in total. The van der Waals surface area contributed by atoms with Crippen molar-refractivity contribution in [2.24, 2.45) is 0 Å². The number of nitrogens with zero attached hydrogens (tertiary/aromatic N) is 1. The van der Waals surface area contributed by atoms with Gasteiger partial charge in [0, 0.05) is 22.5 Å². The minimum atomic E-state index is -3.61. The van der Waals surface area contributed by atoms with Gasteiger partial charge in [-0.1, -0.05) is 79.6 Å². The molecule has 32 heavy (non-hydrogen) atoms. The second-order valence-corrected chi connectivity index (χ2v) is 13.0. The van der Waals surface area contributed by atoms with Gasteiger partial charge in [-0.15, -0.1) is 6.42 Å². The SMILES string of the molecule is C#C/C(=C\C=C/C)P(=O)(c1ccccc1)N(CC)P(=O)(C1=CCCC=C1)c1ccccc1. The molecule has 0 aliphatic heterocycles. The fourth-order valence-corrected chi connectivity index (χ4v) is 11.3. The van der Waals surface area contributed by atoms with Crippen molar-refractivity contribution >= 4 is 25.2 Å². The molecule has 0 fully saturated rings. The van der Waals surface area contributed by atoms with Crippen LogP contribution in [0.1, 0.15) is 26.7 Å². The van der Waals surface area contributed by atoms with Crippen LogP contribution in [0.5, 0.6) is 0 Å². The van der Waals surface area contributed by atoms with E-state index in [0.717, 1.165) is 12.8 Å². The van der Waals surface area contributed by atoms with Gasteiger partial charge in [0.25, 0.3) is 0 Å². The molecule has 0 saturated carbocycles. The van der Waals surface area contributed by atoms with Crippen molar-refractivity contribution in [3.8, 4) is 12.3 Å². The van der Waals surface area contributed by atoms with E-state index in [0.29, 0.717) is 27.8 Å². The fraction of sp³-hybridized carbons (Fsp3) is 0.185. The van der Waals surface area contributed by atoms with Crippen molar-refractivity contribution in [1.82, 2.24) is 4.44 Å².